The van der Waals surface area contributed by atoms with Crippen molar-refractivity contribution in [3.05, 3.63) is 34.1 Å². The van der Waals surface area contributed by atoms with Crippen LogP contribution in [0.15, 0.2) is 28.4 Å². The van der Waals surface area contributed by atoms with Crippen LogP contribution in [0.3, 0.4) is 0 Å². The molecule has 0 bridgehead atoms. The standard InChI is InChI=1S/C17H21N5S/c1-12-11-23-16(21-12)14(9-18)15-7-8-19-17(22-15)20-10-13-5-3-2-4-6-13/h7-8,11,13,21H,2-6,10H2,1H3,(H,19,20,22)/b16-14-. The number of allylic oxidation sites excluding steroid dienone is 2. The highest BCUT2D eigenvalue weighted by molar-refractivity contribution is 8.06. The van der Waals surface area contributed by atoms with Crippen molar-refractivity contribution < 1.29 is 0 Å². The van der Waals surface area contributed by atoms with E-state index in [1.165, 1.54) is 43.9 Å². The highest BCUT2D eigenvalue weighted by Gasteiger charge is 2.17. The van der Waals surface area contributed by atoms with Crippen LogP contribution in [0.25, 0.3) is 5.57 Å². The lowest BCUT2D eigenvalue weighted by Crippen LogP contribution is -2.18. The summed E-state index contributed by atoms with van der Waals surface area (Å²) in [4.78, 5) is 8.81. The summed E-state index contributed by atoms with van der Waals surface area (Å²) in [6.45, 7) is 2.89. The average Bonchev–Trinajstić information content (AvgIpc) is 3.01. The van der Waals surface area contributed by atoms with Gasteiger partial charge in [0.05, 0.1) is 10.7 Å². The molecule has 1 saturated carbocycles. The Morgan fingerprint density at radius 2 is 2.26 bits per heavy atom. The smallest absolute Gasteiger partial charge is 0.223 e. The molecule has 6 heteroatoms. The van der Waals surface area contributed by atoms with Crippen molar-refractivity contribution in [2.24, 2.45) is 5.92 Å². The zero-order chi connectivity index (χ0) is 16.1. The molecule has 120 valence electrons. The van der Waals surface area contributed by atoms with Crippen molar-refractivity contribution in [3.63, 3.8) is 0 Å². The molecule has 1 aliphatic heterocycles. The zero-order valence-electron chi connectivity index (χ0n) is 13.3. The van der Waals surface area contributed by atoms with Crippen molar-refractivity contribution in [2.75, 3.05) is 11.9 Å². The second-order valence-electron chi connectivity index (χ2n) is 6.01. The van der Waals surface area contributed by atoms with Crippen LogP contribution in [-0.4, -0.2) is 16.5 Å². The highest BCUT2D eigenvalue weighted by Crippen LogP contribution is 2.30. The molecule has 2 heterocycles. The number of hydrogen-bond donors (Lipinski definition) is 2. The first-order chi connectivity index (χ1) is 11.3. The van der Waals surface area contributed by atoms with E-state index in [2.05, 4.69) is 26.7 Å². The van der Waals surface area contributed by atoms with Gasteiger partial charge in [-0.3, -0.25) is 0 Å². The van der Waals surface area contributed by atoms with Crippen molar-refractivity contribution in [2.45, 2.75) is 39.0 Å². The fraction of sp³-hybridized carbons (Fsp3) is 0.471. The number of rotatable bonds is 4. The monoisotopic (exact) mass is 327 g/mol. The fourth-order valence-corrected chi connectivity index (χ4v) is 3.78. The summed E-state index contributed by atoms with van der Waals surface area (Å²) < 4.78 is 0. The van der Waals surface area contributed by atoms with Crippen LogP contribution in [0.4, 0.5) is 5.95 Å². The van der Waals surface area contributed by atoms with Crippen LogP contribution in [0.2, 0.25) is 0 Å². The average molecular weight is 327 g/mol. The lowest BCUT2D eigenvalue weighted by atomic mass is 9.89. The van der Waals surface area contributed by atoms with Crippen molar-refractivity contribution in [3.8, 4) is 6.07 Å². The number of nitrogens with one attached hydrogen (secondary N) is 2. The molecule has 0 aromatic carbocycles. The van der Waals surface area contributed by atoms with E-state index in [9.17, 15) is 5.26 Å². The molecular formula is C17H21N5S. The summed E-state index contributed by atoms with van der Waals surface area (Å²) in [6, 6.07) is 4.04. The third-order valence-corrected chi connectivity index (χ3v) is 5.20. The van der Waals surface area contributed by atoms with Crippen LogP contribution < -0.4 is 10.6 Å². The number of nitriles is 1. The van der Waals surface area contributed by atoms with E-state index in [1.807, 2.05) is 12.3 Å². The van der Waals surface area contributed by atoms with Gasteiger partial charge < -0.3 is 10.6 Å². The van der Waals surface area contributed by atoms with Crippen LogP contribution in [0, 0.1) is 17.2 Å². The SMILES string of the molecule is CC1=CS/C(=C(/C#N)c2ccnc(NCC3CCCCC3)n2)N1. The lowest BCUT2D eigenvalue weighted by molar-refractivity contribution is 0.373. The van der Waals surface area contributed by atoms with Gasteiger partial charge in [0.2, 0.25) is 5.95 Å². The first kappa shape index (κ1) is 15.9. The van der Waals surface area contributed by atoms with Gasteiger partial charge in [-0.2, -0.15) is 5.26 Å². The second-order valence-corrected chi connectivity index (χ2v) is 6.89. The molecule has 1 aromatic rings. The molecule has 0 spiro atoms. The molecule has 5 nitrogen and oxygen atoms in total. The van der Waals surface area contributed by atoms with Gasteiger partial charge in [0.1, 0.15) is 11.6 Å². The summed E-state index contributed by atoms with van der Waals surface area (Å²) in [7, 11) is 0. The van der Waals surface area contributed by atoms with Crippen LogP contribution in [0.5, 0.6) is 0 Å². The molecule has 2 N–H and O–H groups in total. The third-order valence-electron chi connectivity index (χ3n) is 4.19. The Hall–Kier alpha value is -2.00. The molecule has 0 atom stereocenters. The maximum absolute atomic E-state index is 9.49. The molecule has 0 amide bonds. The zero-order valence-corrected chi connectivity index (χ0v) is 14.1. The maximum Gasteiger partial charge on any atom is 0.223 e. The number of hydrogen-bond acceptors (Lipinski definition) is 6. The third kappa shape index (κ3) is 4.05. The molecular weight excluding hydrogens is 306 g/mol. The van der Waals surface area contributed by atoms with Gasteiger partial charge >= 0.3 is 0 Å². The van der Waals surface area contributed by atoms with Crippen LogP contribution >= 0.6 is 11.8 Å². The topological polar surface area (TPSA) is 73.6 Å². The molecule has 0 unspecified atom stereocenters. The van der Waals surface area contributed by atoms with Gasteiger partial charge in [0.15, 0.2) is 0 Å². The van der Waals surface area contributed by atoms with E-state index in [0.717, 1.165) is 17.3 Å². The summed E-state index contributed by atoms with van der Waals surface area (Å²) >= 11 is 1.52. The molecule has 0 saturated heterocycles. The first-order valence-corrected chi connectivity index (χ1v) is 8.96. The van der Waals surface area contributed by atoms with Crippen molar-refractivity contribution >= 4 is 23.3 Å². The Balaban J connectivity index is 1.70. The molecule has 1 aliphatic carbocycles. The van der Waals surface area contributed by atoms with Gasteiger partial charge in [-0.1, -0.05) is 31.0 Å². The predicted molar refractivity (Wildman–Crippen MR) is 94.1 cm³/mol. The van der Waals surface area contributed by atoms with Crippen LogP contribution in [0.1, 0.15) is 44.7 Å². The number of aromatic nitrogens is 2. The van der Waals surface area contributed by atoms with E-state index < -0.39 is 0 Å². The van der Waals surface area contributed by atoms with Gasteiger partial charge in [-0.25, -0.2) is 9.97 Å². The molecule has 23 heavy (non-hydrogen) atoms. The Morgan fingerprint density at radius 1 is 1.43 bits per heavy atom. The highest BCUT2D eigenvalue weighted by atomic mass is 32.2. The Bertz CT molecular complexity index is 668. The van der Waals surface area contributed by atoms with Crippen molar-refractivity contribution in [1.29, 1.82) is 5.26 Å². The van der Waals surface area contributed by atoms with E-state index in [1.54, 1.807) is 12.3 Å². The lowest BCUT2D eigenvalue weighted by Gasteiger charge is -2.21. The minimum Gasteiger partial charge on any atom is -0.354 e. The molecule has 1 fully saturated rings. The van der Waals surface area contributed by atoms with Gasteiger partial charge in [-0.05, 0) is 37.2 Å². The minimum atomic E-state index is 0.561. The summed E-state index contributed by atoms with van der Waals surface area (Å²) in [5, 5.41) is 18.9. The quantitative estimate of drug-likeness (QED) is 0.818. The maximum atomic E-state index is 9.49. The molecule has 2 aliphatic rings. The Morgan fingerprint density at radius 3 is 2.96 bits per heavy atom. The Kier molecular flexibility index (Phi) is 5.19. The Labute approximate surface area is 141 Å². The predicted octanol–water partition coefficient (Wildman–Crippen LogP) is 3.86. The summed E-state index contributed by atoms with van der Waals surface area (Å²) in [5.74, 6) is 1.32. The normalized spacial score (nSPS) is 20.4. The first-order valence-electron chi connectivity index (χ1n) is 8.08. The van der Waals surface area contributed by atoms with Gasteiger partial charge in [-0.15, -0.1) is 0 Å². The largest absolute Gasteiger partial charge is 0.354 e. The fourth-order valence-electron chi connectivity index (χ4n) is 2.94. The van der Waals surface area contributed by atoms with Gasteiger partial charge in [0, 0.05) is 18.4 Å². The van der Waals surface area contributed by atoms with Crippen molar-refractivity contribution in [1.82, 2.24) is 15.3 Å². The molecule has 0 radical (unpaired) electrons. The number of anilines is 1. The van der Waals surface area contributed by atoms with E-state index >= 15 is 0 Å². The molecule has 3 rings (SSSR count). The summed E-state index contributed by atoms with van der Waals surface area (Å²) in [6.07, 6.45) is 8.29. The minimum absolute atomic E-state index is 0.561. The van der Waals surface area contributed by atoms with Crippen LogP contribution in [-0.2, 0) is 0 Å². The van der Waals surface area contributed by atoms with E-state index in [4.69, 9.17) is 0 Å². The van der Waals surface area contributed by atoms with E-state index in [-0.39, 0.29) is 0 Å². The van der Waals surface area contributed by atoms with E-state index in [0.29, 0.717) is 23.1 Å². The number of nitrogens with zero attached hydrogens (tertiary/aromatic N) is 3. The van der Waals surface area contributed by atoms with Gasteiger partial charge in [0.25, 0.3) is 0 Å². The second kappa shape index (κ2) is 7.51. The summed E-state index contributed by atoms with van der Waals surface area (Å²) in [5.41, 5.74) is 2.26. The number of thioether (sulfide) groups is 1. The molecule has 1 aromatic heterocycles.